The van der Waals surface area contributed by atoms with E-state index in [9.17, 15) is 9.59 Å². The van der Waals surface area contributed by atoms with Gasteiger partial charge in [-0.05, 0) is 18.8 Å². The topological polar surface area (TPSA) is 49.9 Å². The monoisotopic (exact) mass is 360 g/mol. The van der Waals surface area contributed by atoms with E-state index < -0.39 is 0 Å². The molecular formula is C21H32N2O3. The molecule has 144 valence electrons. The molecule has 26 heavy (non-hydrogen) atoms. The molecule has 1 aliphatic heterocycles. The smallest absolute Gasteiger partial charge is 0.227 e. The first-order valence-corrected chi connectivity index (χ1v) is 9.34. The van der Waals surface area contributed by atoms with Gasteiger partial charge in [0, 0.05) is 44.2 Å². The van der Waals surface area contributed by atoms with Gasteiger partial charge in [-0.25, -0.2) is 0 Å². The fourth-order valence-corrected chi connectivity index (χ4v) is 3.53. The van der Waals surface area contributed by atoms with Gasteiger partial charge >= 0.3 is 0 Å². The minimum absolute atomic E-state index is 0.0558. The maximum Gasteiger partial charge on any atom is 0.227 e. The van der Waals surface area contributed by atoms with Crippen LogP contribution in [0.1, 0.15) is 50.8 Å². The van der Waals surface area contributed by atoms with Gasteiger partial charge in [-0.15, -0.1) is 0 Å². The minimum Gasteiger partial charge on any atom is -0.496 e. The number of rotatable bonds is 3. The highest BCUT2D eigenvalue weighted by atomic mass is 16.5. The lowest BCUT2D eigenvalue weighted by Gasteiger charge is -2.26. The molecule has 5 nitrogen and oxygen atoms in total. The molecule has 0 spiro atoms. The van der Waals surface area contributed by atoms with Crippen LogP contribution in [-0.4, -0.2) is 54.9 Å². The van der Waals surface area contributed by atoms with Gasteiger partial charge in [0.1, 0.15) is 5.75 Å². The van der Waals surface area contributed by atoms with Gasteiger partial charge in [0.15, 0.2) is 0 Å². The fraction of sp³-hybridized carbons (Fsp3) is 0.619. The first-order valence-electron chi connectivity index (χ1n) is 9.34. The van der Waals surface area contributed by atoms with Crippen molar-refractivity contribution in [2.45, 2.75) is 52.9 Å². The summed E-state index contributed by atoms with van der Waals surface area (Å²) in [7, 11) is 1.67. The Morgan fingerprint density at radius 2 is 1.69 bits per heavy atom. The average Bonchev–Trinajstić information content (AvgIpc) is 2.79. The number of nitrogens with zero attached hydrogens (tertiary/aromatic N) is 2. The molecule has 2 rings (SSSR count). The quantitative estimate of drug-likeness (QED) is 0.833. The number of aryl methyl sites for hydroxylation is 1. The molecule has 1 fully saturated rings. The third-order valence-electron chi connectivity index (χ3n) is 4.96. The Bertz CT molecular complexity index is 677. The summed E-state index contributed by atoms with van der Waals surface area (Å²) in [5.74, 6) is 0.991. The predicted molar refractivity (Wildman–Crippen MR) is 104 cm³/mol. The summed E-state index contributed by atoms with van der Waals surface area (Å²) in [6, 6.07) is 4.19. The predicted octanol–water partition coefficient (Wildman–Crippen LogP) is 2.92. The van der Waals surface area contributed by atoms with E-state index in [1.165, 1.54) is 0 Å². The Balaban J connectivity index is 2.21. The number of hydrogen-bond donors (Lipinski definition) is 0. The van der Waals surface area contributed by atoms with E-state index in [0.29, 0.717) is 26.1 Å². The lowest BCUT2D eigenvalue weighted by molar-refractivity contribution is -0.132. The molecule has 1 aromatic rings. The van der Waals surface area contributed by atoms with E-state index in [0.717, 1.165) is 35.4 Å². The van der Waals surface area contributed by atoms with Crippen LogP contribution in [0.25, 0.3) is 0 Å². The summed E-state index contributed by atoms with van der Waals surface area (Å²) in [4.78, 5) is 28.2. The van der Waals surface area contributed by atoms with Crippen LogP contribution in [0.15, 0.2) is 12.1 Å². The molecule has 1 heterocycles. The van der Waals surface area contributed by atoms with Crippen molar-refractivity contribution in [2.24, 2.45) is 0 Å². The van der Waals surface area contributed by atoms with Gasteiger partial charge in [0.25, 0.3) is 0 Å². The van der Waals surface area contributed by atoms with Crippen LogP contribution in [0, 0.1) is 6.92 Å². The normalized spacial score (nSPS) is 15.6. The zero-order valence-electron chi connectivity index (χ0n) is 17.0. The molecule has 1 saturated heterocycles. The second-order valence-electron chi connectivity index (χ2n) is 8.17. The van der Waals surface area contributed by atoms with Crippen molar-refractivity contribution in [3.05, 3.63) is 28.8 Å². The molecule has 0 N–H and O–H groups in total. The largest absolute Gasteiger partial charge is 0.496 e. The number of carbonyl (C=O) groups excluding carboxylic acids is 2. The van der Waals surface area contributed by atoms with Crippen molar-refractivity contribution < 1.29 is 14.3 Å². The van der Waals surface area contributed by atoms with E-state index in [4.69, 9.17) is 4.74 Å². The van der Waals surface area contributed by atoms with Gasteiger partial charge in [0.05, 0.1) is 13.5 Å². The van der Waals surface area contributed by atoms with Gasteiger partial charge in [0.2, 0.25) is 11.8 Å². The van der Waals surface area contributed by atoms with E-state index >= 15 is 0 Å². The van der Waals surface area contributed by atoms with Crippen molar-refractivity contribution in [2.75, 3.05) is 33.3 Å². The second kappa shape index (κ2) is 8.11. The number of hydrogen-bond acceptors (Lipinski definition) is 3. The molecule has 0 atom stereocenters. The highest BCUT2D eigenvalue weighted by Gasteiger charge is 2.25. The maximum absolute atomic E-state index is 12.9. The Kier molecular flexibility index (Phi) is 6.32. The average molecular weight is 360 g/mol. The van der Waals surface area contributed by atoms with Gasteiger partial charge in [-0.1, -0.05) is 38.5 Å². The minimum atomic E-state index is -0.0558. The summed E-state index contributed by atoms with van der Waals surface area (Å²) in [5, 5.41) is 0. The number of benzene rings is 1. The van der Waals surface area contributed by atoms with Crippen LogP contribution in [0.5, 0.6) is 5.75 Å². The molecule has 1 aromatic carbocycles. The van der Waals surface area contributed by atoms with Crippen LogP contribution in [0.4, 0.5) is 0 Å². The molecule has 1 aliphatic rings. The molecule has 2 amide bonds. The third kappa shape index (κ3) is 4.77. The first kappa shape index (κ1) is 20.3. The Morgan fingerprint density at radius 1 is 1.08 bits per heavy atom. The standard InChI is InChI=1S/C21H32N2O3/c1-15-12-17(20(26-6)18(13-15)21(3,4)5)14-19(25)23-9-7-8-22(10-11-23)16(2)24/h12-13H,7-11,14H2,1-6H3. The third-order valence-corrected chi connectivity index (χ3v) is 4.96. The lowest BCUT2D eigenvalue weighted by Crippen LogP contribution is -2.37. The van der Waals surface area contributed by atoms with Gasteiger partial charge in [-0.2, -0.15) is 0 Å². The molecular weight excluding hydrogens is 328 g/mol. The molecule has 0 aromatic heterocycles. The van der Waals surface area contributed by atoms with Gasteiger partial charge in [-0.3, -0.25) is 9.59 Å². The Labute approximate surface area is 157 Å². The molecule has 0 bridgehead atoms. The fourth-order valence-electron chi connectivity index (χ4n) is 3.53. The molecule has 5 heteroatoms. The first-order chi connectivity index (χ1) is 12.1. The summed E-state index contributed by atoms with van der Waals surface area (Å²) in [5.41, 5.74) is 3.15. The highest BCUT2D eigenvalue weighted by Crippen LogP contribution is 2.35. The molecule has 0 aliphatic carbocycles. The summed E-state index contributed by atoms with van der Waals surface area (Å²) in [6.07, 6.45) is 1.15. The number of amides is 2. The van der Waals surface area contributed by atoms with Crippen molar-refractivity contribution in [1.29, 1.82) is 0 Å². The Morgan fingerprint density at radius 3 is 2.27 bits per heavy atom. The van der Waals surface area contributed by atoms with E-state index in [1.807, 2.05) is 15.9 Å². The van der Waals surface area contributed by atoms with Crippen LogP contribution in [0.3, 0.4) is 0 Å². The van der Waals surface area contributed by atoms with Crippen molar-refractivity contribution >= 4 is 11.8 Å². The second-order valence-corrected chi connectivity index (χ2v) is 8.17. The summed E-state index contributed by atoms with van der Waals surface area (Å²) >= 11 is 0. The van der Waals surface area contributed by atoms with E-state index in [-0.39, 0.29) is 17.2 Å². The van der Waals surface area contributed by atoms with Crippen LogP contribution >= 0.6 is 0 Å². The summed E-state index contributed by atoms with van der Waals surface area (Å²) < 4.78 is 5.70. The van der Waals surface area contributed by atoms with Gasteiger partial charge < -0.3 is 14.5 Å². The zero-order valence-corrected chi connectivity index (χ0v) is 17.0. The van der Waals surface area contributed by atoms with Crippen molar-refractivity contribution in [3.63, 3.8) is 0 Å². The lowest BCUT2D eigenvalue weighted by atomic mass is 9.83. The van der Waals surface area contributed by atoms with E-state index in [2.05, 4.69) is 33.8 Å². The van der Waals surface area contributed by atoms with E-state index in [1.54, 1.807) is 14.0 Å². The van der Waals surface area contributed by atoms with Crippen LogP contribution in [0.2, 0.25) is 0 Å². The molecule has 0 saturated carbocycles. The zero-order chi connectivity index (χ0) is 19.5. The number of ether oxygens (including phenoxy) is 1. The molecule has 0 unspecified atom stereocenters. The SMILES string of the molecule is COc1c(CC(=O)N2CCCN(C(C)=O)CC2)cc(C)cc1C(C)(C)C. The van der Waals surface area contributed by atoms with Crippen molar-refractivity contribution in [3.8, 4) is 5.75 Å². The van der Waals surface area contributed by atoms with Crippen LogP contribution in [-0.2, 0) is 21.4 Å². The van der Waals surface area contributed by atoms with Crippen molar-refractivity contribution in [1.82, 2.24) is 9.80 Å². The molecule has 0 radical (unpaired) electrons. The number of carbonyl (C=O) groups is 2. The number of methoxy groups -OCH3 is 1. The maximum atomic E-state index is 12.9. The Hall–Kier alpha value is -2.04. The van der Waals surface area contributed by atoms with Crippen LogP contribution < -0.4 is 4.74 Å². The summed E-state index contributed by atoms with van der Waals surface area (Å²) in [6.45, 7) is 12.7. The highest BCUT2D eigenvalue weighted by molar-refractivity contribution is 5.80.